The molecule has 7 heteroatoms. The van der Waals surface area contributed by atoms with Crippen LogP contribution in [0.3, 0.4) is 0 Å². The van der Waals surface area contributed by atoms with Gasteiger partial charge in [0.2, 0.25) is 0 Å². The first-order valence-electron chi connectivity index (χ1n) is 18.5. The van der Waals surface area contributed by atoms with Crippen molar-refractivity contribution in [2.45, 2.75) is 0 Å². The van der Waals surface area contributed by atoms with Gasteiger partial charge in [0, 0.05) is 54.4 Å². The molecule has 0 radical (unpaired) electrons. The highest BCUT2D eigenvalue weighted by Gasteiger charge is 2.20. The van der Waals surface area contributed by atoms with Gasteiger partial charge in [-0.2, -0.15) is 0 Å². The molecule has 0 atom stereocenters. The normalized spacial score (nSPS) is 11.6. The van der Waals surface area contributed by atoms with Crippen LogP contribution in [-0.2, 0) is 0 Å². The van der Waals surface area contributed by atoms with Gasteiger partial charge in [0.15, 0.2) is 23.3 Å². The maximum Gasteiger partial charge on any atom is 0.164 e. The number of hydrogen-bond donors (Lipinski definition) is 0. The minimum atomic E-state index is 0.607. The average Bonchev–Trinajstić information content (AvgIpc) is 3.82. The summed E-state index contributed by atoms with van der Waals surface area (Å²) in [5, 5.41) is 3.43. The van der Waals surface area contributed by atoms with Crippen molar-refractivity contribution < 1.29 is 0 Å². The number of para-hydroxylation sites is 2. The highest BCUT2D eigenvalue weighted by molar-refractivity contribution is 7.26. The average molecular weight is 735 g/mol. The molecule has 0 aliphatic rings. The van der Waals surface area contributed by atoms with Crippen molar-refractivity contribution >= 4 is 53.4 Å². The van der Waals surface area contributed by atoms with Crippen LogP contribution in [-0.4, -0.2) is 29.5 Å². The Kier molecular flexibility index (Phi) is 7.57. The third kappa shape index (κ3) is 5.44. The quantitative estimate of drug-likeness (QED) is 0.170. The Labute approximate surface area is 326 Å². The second-order valence-corrected chi connectivity index (χ2v) is 14.8. The summed E-state index contributed by atoms with van der Waals surface area (Å²) in [5.74, 6) is 2.54. The standard InChI is InChI=1S/C49H30N6S/c1-5-15-31(16-6-1)43-45-44(51-48(50-43)35-25-27-38-37-23-13-14-24-40(37)55(41(38)30-35)36-21-11-4-12-22-36)39-29-34(26-28-42(39)56-45)49-53-46(32-17-7-2-8-18-32)52-47(54-49)33-19-9-3-10-20-33/h1-30H. The van der Waals surface area contributed by atoms with E-state index in [1.54, 1.807) is 11.3 Å². The Hall–Kier alpha value is -7.35. The Morgan fingerprint density at radius 1 is 0.357 bits per heavy atom. The van der Waals surface area contributed by atoms with Crippen LogP contribution in [0.5, 0.6) is 0 Å². The highest BCUT2D eigenvalue weighted by atomic mass is 32.1. The number of nitrogens with zero attached hydrogens (tertiary/aromatic N) is 6. The van der Waals surface area contributed by atoms with E-state index in [4.69, 9.17) is 24.9 Å². The Morgan fingerprint density at radius 2 is 0.875 bits per heavy atom. The van der Waals surface area contributed by atoms with E-state index in [9.17, 15) is 0 Å². The van der Waals surface area contributed by atoms with Crippen LogP contribution >= 0.6 is 11.3 Å². The van der Waals surface area contributed by atoms with Crippen LogP contribution in [0.25, 0.3) is 105 Å². The smallest absolute Gasteiger partial charge is 0.164 e. The summed E-state index contributed by atoms with van der Waals surface area (Å²) in [4.78, 5) is 25.7. The van der Waals surface area contributed by atoms with Crippen molar-refractivity contribution in [3.63, 3.8) is 0 Å². The first kappa shape index (κ1) is 32.1. The summed E-state index contributed by atoms with van der Waals surface area (Å²) in [6.45, 7) is 0. The summed E-state index contributed by atoms with van der Waals surface area (Å²) < 4.78 is 4.49. The van der Waals surface area contributed by atoms with Crippen LogP contribution in [0, 0.1) is 0 Å². The summed E-state index contributed by atoms with van der Waals surface area (Å²) in [5.41, 5.74) is 9.95. The molecule has 4 aromatic heterocycles. The van der Waals surface area contributed by atoms with E-state index in [1.807, 2.05) is 66.7 Å². The van der Waals surface area contributed by atoms with E-state index in [-0.39, 0.29) is 0 Å². The third-order valence-corrected chi connectivity index (χ3v) is 11.4. The first-order chi connectivity index (χ1) is 27.7. The predicted octanol–water partition coefficient (Wildman–Crippen LogP) is 12.5. The summed E-state index contributed by atoms with van der Waals surface area (Å²) >= 11 is 1.71. The summed E-state index contributed by atoms with van der Waals surface area (Å²) in [6.07, 6.45) is 0. The van der Waals surface area contributed by atoms with Crippen molar-refractivity contribution in [2.24, 2.45) is 0 Å². The van der Waals surface area contributed by atoms with Crippen molar-refractivity contribution in [2.75, 3.05) is 0 Å². The predicted molar refractivity (Wildman–Crippen MR) is 230 cm³/mol. The molecule has 0 amide bonds. The van der Waals surface area contributed by atoms with E-state index in [0.717, 1.165) is 70.5 Å². The zero-order valence-corrected chi connectivity index (χ0v) is 30.7. The minimum Gasteiger partial charge on any atom is -0.309 e. The van der Waals surface area contributed by atoms with Crippen molar-refractivity contribution in [1.82, 2.24) is 29.5 Å². The molecule has 262 valence electrons. The van der Waals surface area contributed by atoms with Gasteiger partial charge in [-0.15, -0.1) is 11.3 Å². The van der Waals surface area contributed by atoms with Gasteiger partial charge in [0.05, 0.1) is 26.9 Å². The lowest BCUT2D eigenvalue weighted by molar-refractivity contribution is 1.07. The number of rotatable bonds is 6. The van der Waals surface area contributed by atoms with E-state index >= 15 is 0 Å². The first-order valence-corrected chi connectivity index (χ1v) is 19.3. The zero-order valence-electron chi connectivity index (χ0n) is 29.9. The molecule has 0 spiro atoms. The molecule has 0 saturated heterocycles. The van der Waals surface area contributed by atoms with Gasteiger partial charge in [-0.05, 0) is 42.5 Å². The van der Waals surface area contributed by atoms with Gasteiger partial charge < -0.3 is 4.57 Å². The van der Waals surface area contributed by atoms with E-state index in [2.05, 4.69) is 120 Å². The molecule has 0 aliphatic heterocycles. The fourth-order valence-corrected chi connectivity index (χ4v) is 8.74. The van der Waals surface area contributed by atoms with Gasteiger partial charge >= 0.3 is 0 Å². The molecule has 0 saturated carbocycles. The number of benzene rings is 7. The SMILES string of the molecule is c1ccc(-c2nc(-c3ccccc3)nc(-c3ccc4sc5c(-c6ccccc6)nc(-c6ccc7c8ccccc8n(-c8ccccc8)c7c6)nc5c4c3)n2)cc1. The van der Waals surface area contributed by atoms with Crippen molar-refractivity contribution in [3.8, 4) is 62.5 Å². The molecule has 11 rings (SSSR count). The van der Waals surface area contributed by atoms with E-state index in [1.165, 1.54) is 10.8 Å². The lowest BCUT2D eigenvalue weighted by atomic mass is 10.1. The van der Waals surface area contributed by atoms with Crippen LogP contribution in [0.15, 0.2) is 182 Å². The number of fused-ring (bicyclic) bond motifs is 6. The van der Waals surface area contributed by atoms with E-state index < -0.39 is 0 Å². The van der Waals surface area contributed by atoms with Crippen LogP contribution in [0.2, 0.25) is 0 Å². The van der Waals surface area contributed by atoms with Crippen molar-refractivity contribution in [1.29, 1.82) is 0 Å². The van der Waals surface area contributed by atoms with Gasteiger partial charge in [-0.1, -0.05) is 140 Å². The number of aromatic nitrogens is 6. The van der Waals surface area contributed by atoms with Gasteiger partial charge in [-0.25, -0.2) is 24.9 Å². The Morgan fingerprint density at radius 3 is 1.55 bits per heavy atom. The molecule has 0 aliphatic carbocycles. The second kappa shape index (κ2) is 13.2. The molecule has 0 N–H and O–H groups in total. The number of hydrogen-bond acceptors (Lipinski definition) is 6. The molecule has 56 heavy (non-hydrogen) atoms. The number of thiophene rings is 1. The molecular weight excluding hydrogens is 705 g/mol. The molecule has 7 aromatic carbocycles. The topological polar surface area (TPSA) is 69.4 Å². The largest absolute Gasteiger partial charge is 0.309 e. The molecule has 6 nitrogen and oxygen atoms in total. The van der Waals surface area contributed by atoms with E-state index in [0.29, 0.717) is 23.3 Å². The highest BCUT2D eigenvalue weighted by Crippen LogP contribution is 2.42. The molecular formula is C49H30N6S. The van der Waals surface area contributed by atoms with Gasteiger partial charge in [0.1, 0.15) is 0 Å². The fourth-order valence-electron chi connectivity index (χ4n) is 7.61. The monoisotopic (exact) mass is 734 g/mol. The van der Waals surface area contributed by atoms with Crippen LogP contribution in [0.1, 0.15) is 0 Å². The fraction of sp³-hybridized carbons (Fsp3) is 0. The Bertz CT molecular complexity index is 3170. The maximum absolute atomic E-state index is 5.38. The summed E-state index contributed by atoms with van der Waals surface area (Å²) in [7, 11) is 0. The minimum absolute atomic E-state index is 0.607. The molecule has 11 aromatic rings. The summed E-state index contributed by atoms with van der Waals surface area (Å²) in [6, 6.07) is 62.7. The van der Waals surface area contributed by atoms with Gasteiger partial charge in [-0.3, -0.25) is 0 Å². The van der Waals surface area contributed by atoms with Crippen LogP contribution < -0.4 is 0 Å². The zero-order chi connectivity index (χ0) is 37.0. The lowest BCUT2D eigenvalue weighted by Crippen LogP contribution is -2.00. The maximum atomic E-state index is 5.38. The molecule has 0 unspecified atom stereocenters. The molecule has 4 heterocycles. The van der Waals surface area contributed by atoms with Crippen molar-refractivity contribution in [3.05, 3.63) is 182 Å². The second-order valence-electron chi connectivity index (χ2n) is 13.7. The molecule has 0 fully saturated rings. The lowest BCUT2D eigenvalue weighted by Gasteiger charge is -2.10. The Balaban J connectivity index is 1.13. The molecule has 0 bridgehead atoms. The van der Waals surface area contributed by atoms with Gasteiger partial charge in [0.25, 0.3) is 0 Å². The third-order valence-electron chi connectivity index (χ3n) is 10.3. The van der Waals surface area contributed by atoms with Crippen LogP contribution in [0.4, 0.5) is 0 Å².